The van der Waals surface area contributed by atoms with Gasteiger partial charge in [-0.2, -0.15) is 0 Å². The molecule has 5 heteroatoms. The highest BCUT2D eigenvalue weighted by molar-refractivity contribution is 5.94. The maximum atomic E-state index is 12.2. The summed E-state index contributed by atoms with van der Waals surface area (Å²) in [5.74, 6) is 0.485. The lowest BCUT2D eigenvalue weighted by molar-refractivity contribution is -0.120. The van der Waals surface area contributed by atoms with Gasteiger partial charge in [-0.25, -0.2) is 0 Å². The minimum absolute atomic E-state index is 0.0394. The molecule has 0 spiro atoms. The van der Waals surface area contributed by atoms with Gasteiger partial charge < -0.3 is 10.6 Å². The Hall–Kier alpha value is -2.01. The third-order valence-electron chi connectivity index (χ3n) is 3.59. The fourth-order valence-corrected chi connectivity index (χ4v) is 2.44. The molecule has 2 aromatic rings. The first-order chi connectivity index (χ1) is 9.24. The molecule has 1 aromatic heterocycles. The minimum Gasteiger partial charge on any atom is -0.326 e. The number of carbonyl (C=O) groups excluding carboxylic acids is 1. The molecule has 98 valence electrons. The van der Waals surface area contributed by atoms with Crippen LogP contribution in [0.25, 0.3) is 11.0 Å². The van der Waals surface area contributed by atoms with E-state index in [1.165, 1.54) is 0 Å². The van der Waals surface area contributed by atoms with Gasteiger partial charge in [0.25, 0.3) is 0 Å². The van der Waals surface area contributed by atoms with Gasteiger partial charge in [0.2, 0.25) is 5.91 Å². The van der Waals surface area contributed by atoms with Crippen LogP contribution in [0, 0.1) is 11.8 Å². The predicted molar refractivity (Wildman–Crippen MR) is 73.7 cm³/mol. The number of rotatable bonds is 2. The first-order valence-electron chi connectivity index (χ1n) is 6.46. The van der Waals surface area contributed by atoms with Crippen LogP contribution in [0.15, 0.2) is 30.6 Å². The normalized spacial score (nSPS) is 22.6. The van der Waals surface area contributed by atoms with Crippen LogP contribution in [0.1, 0.15) is 6.92 Å². The summed E-state index contributed by atoms with van der Waals surface area (Å²) < 4.78 is 0. The molecular weight excluding hydrogens is 240 g/mol. The summed E-state index contributed by atoms with van der Waals surface area (Å²) in [6.45, 7) is 3.75. The molecule has 2 atom stereocenters. The van der Waals surface area contributed by atoms with Crippen LogP contribution in [0.3, 0.4) is 0 Å². The quantitative estimate of drug-likeness (QED) is 0.853. The van der Waals surface area contributed by atoms with Crippen molar-refractivity contribution in [2.75, 3.05) is 18.4 Å². The number of aromatic nitrogens is 2. The number of benzene rings is 1. The summed E-state index contributed by atoms with van der Waals surface area (Å²) in [7, 11) is 0. The molecule has 1 saturated heterocycles. The Kier molecular flexibility index (Phi) is 3.13. The number of anilines is 1. The van der Waals surface area contributed by atoms with Crippen LogP contribution in [0.2, 0.25) is 0 Å². The van der Waals surface area contributed by atoms with Gasteiger partial charge in [0, 0.05) is 24.6 Å². The summed E-state index contributed by atoms with van der Waals surface area (Å²) in [5.41, 5.74) is 2.39. The van der Waals surface area contributed by atoms with E-state index in [1.54, 1.807) is 12.4 Å². The average Bonchev–Trinajstić information content (AvgIpc) is 2.85. The molecule has 19 heavy (non-hydrogen) atoms. The molecular formula is C14H16N4O. The Morgan fingerprint density at radius 3 is 2.79 bits per heavy atom. The van der Waals surface area contributed by atoms with E-state index in [2.05, 4.69) is 27.5 Å². The summed E-state index contributed by atoms with van der Waals surface area (Å²) in [5, 5.41) is 6.19. The molecule has 0 saturated carbocycles. The first-order valence-corrected chi connectivity index (χ1v) is 6.46. The Labute approximate surface area is 111 Å². The van der Waals surface area contributed by atoms with E-state index in [4.69, 9.17) is 0 Å². The fraction of sp³-hybridized carbons (Fsp3) is 0.357. The second-order valence-electron chi connectivity index (χ2n) is 4.99. The Morgan fingerprint density at radius 2 is 2.05 bits per heavy atom. The fourth-order valence-electron chi connectivity index (χ4n) is 2.44. The van der Waals surface area contributed by atoms with E-state index in [1.807, 2.05) is 18.2 Å². The lowest BCUT2D eigenvalue weighted by atomic mass is 9.97. The lowest BCUT2D eigenvalue weighted by Crippen LogP contribution is -2.27. The number of fused-ring (bicyclic) bond motifs is 1. The largest absolute Gasteiger partial charge is 0.326 e. The minimum atomic E-state index is 0.0394. The van der Waals surface area contributed by atoms with Gasteiger partial charge in [0.15, 0.2) is 0 Å². The van der Waals surface area contributed by atoms with Crippen LogP contribution in [-0.4, -0.2) is 29.0 Å². The molecule has 3 rings (SSSR count). The molecule has 2 unspecified atom stereocenters. The summed E-state index contributed by atoms with van der Waals surface area (Å²) in [6.07, 6.45) is 3.31. The molecule has 1 aliphatic rings. The number of carbonyl (C=O) groups is 1. The van der Waals surface area contributed by atoms with Crippen LogP contribution in [0.4, 0.5) is 5.69 Å². The Morgan fingerprint density at radius 1 is 1.26 bits per heavy atom. The Balaban J connectivity index is 1.79. The van der Waals surface area contributed by atoms with Gasteiger partial charge >= 0.3 is 0 Å². The van der Waals surface area contributed by atoms with Crippen molar-refractivity contribution in [3.63, 3.8) is 0 Å². The molecule has 0 radical (unpaired) electrons. The summed E-state index contributed by atoms with van der Waals surface area (Å²) >= 11 is 0. The second-order valence-corrected chi connectivity index (χ2v) is 4.99. The van der Waals surface area contributed by atoms with Crippen molar-refractivity contribution in [2.24, 2.45) is 11.8 Å². The maximum absolute atomic E-state index is 12.2. The van der Waals surface area contributed by atoms with Crippen LogP contribution in [-0.2, 0) is 4.79 Å². The van der Waals surface area contributed by atoms with E-state index in [0.717, 1.165) is 29.8 Å². The second kappa shape index (κ2) is 4.93. The van der Waals surface area contributed by atoms with Crippen molar-refractivity contribution >= 4 is 22.6 Å². The monoisotopic (exact) mass is 256 g/mol. The van der Waals surface area contributed by atoms with E-state index in [-0.39, 0.29) is 11.8 Å². The smallest absolute Gasteiger partial charge is 0.229 e. The zero-order valence-corrected chi connectivity index (χ0v) is 10.8. The molecule has 5 nitrogen and oxygen atoms in total. The zero-order valence-electron chi connectivity index (χ0n) is 10.8. The van der Waals surface area contributed by atoms with Crippen molar-refractivity contribution in [1.29, 1.82) is 0 Å². The maximum Gasteiger partial charge on any atom is 0.229 e. The summed E-state index contributed by atoms with van der Waals surface area (Å²) in [6, 6.07) is 5.59. The average molecular weight is 256 g/mol. The van der Waals surface area contributed by atoms with Crippen molar-refractivity contribution in [3.8, 4) is 0 Å². The van der Waals surface area contributed by atoms with Gasteiger partial charge in [-0.15, -0.1) is 0 Å². The van der Waals surface area contributed by atoms with Gasteiger partial charge in [0.05, 0.1) is 17.0 Å². The standard InChI is InChI=1S/C14H16N4O/c1-9-7-15-8-11(9)14(19)18-10-2-3-12-13(6-10)17-5-4-16-12/h2-6,9,11,15H,7-8H2,1H3,(H,18,19). The number of hydrogen-bond donors (Lipinski definition) is 2. The van der Waals surface area contributed by atoms with Crippen LogP contribution < -0.4 is 10.6 Å². The molecule has 1 aliphatic heterocycles. The molecule has 2 heterocycles. The third kappa shape index (κ3) is 2.42. The van der Waals surface area contributed by atoms with Crippen molar-refractivity contribution in [1.82, 2.24) is 15.3 Å². The molecule has 0 aliphatic carbocycles. The third-order valence-corrected chi connectivity index (χ3v) is 3.59. The number of hydrogen-bond acceptors (Lipinski definition) is 4. The van der Waals surface area contributed by atoms with Gasteiger partial charge in [-0.1, -0.05) is 6.92 Å². The highest BCUT2D eigenvalue weighted by Crippen LogP contribution is 2.20. The molecule has 2 N–H and O–H groups in total. The topological polar surface area (TPSA) is 66.9 Å². The molecule has 1 amide bonds. The number of amides is 1. The van der Waals surface area contributed by atoms with E-state index in [0.29, 0.717) is 5.92 Å². The zero-order chi connectivity index (χ0) is 13.2. The van der Waals surface area contributed by atoms with Gasteiger partial charge in [0.1, 0.15) is 0 Å². The van der Waals surface area contributed by atoms with Crippen LogP contribution >= 0.6 is 0 Å². The lowest BCUT2D eigenvalue weighted by Gasteiger charge is -2.14. The van der Waals surface area contributed by atoms with E-state index in [9.17, 15) is 4.79 Å². The van der Waals surface area contributed by atoms with Gasteiger partial charge in [-0.3, -0.25) is 14.8 Å². The SMILES string of the molecule is CC1CNCC1C(=O)Nc1ccc2nccnc2c1. The predicted octanol–water partition coefficient (Wildman–Crippen LogP) is 1.42. The first kappa shape index (κ1) is 12.0. The summed E-state index contributed by atoms with van der Waals surface area (Å²) in [4.78, 5) is 20.6. The van der Waals surface area contributed by atoms with Crippen molar-refractivity contribution < 1.29 is 4.79 Å². The number of nitrogens with zero attached hydrogens (tertiary/aromatic N) is 2. The van der Waals surface area contributed by atoms with E-state index >= 15 is 0 Å². The van der Waals surface area contributed by atoms with Gasteiger partial charge in [-0.05, 0) is 30.7 Å². The Bertz CT molecular complexity index is 613. The van der Waals surface area contributed by atoms with E-state index < -0.39 is 0 Å². The number of nitrogens with one attached hydrogen (secondary N) is 2. The van der Waals surface area contributed by atoms with Crippen LogP contribution in [0.5, 0.6) is 0 Å². The highest BCUT2D eigenvalue weighted by atomic mass is 16.1. The molecule has 0 bridgehead atoms. The van der Waals surface area contributed by atoms with Crippen molar-refractivity contribution in [2.45, 2.75) is 6.92 Å². The molecule has 1 aromatic carbocycles. The highest BCUT2D eigenvalue weighted by Gasteiger charge is 2.29. The molecule has 1 fully saturated rings. The van der Waals surface area contributed by atoms with Crippen molar-refractivity contribution in [3.05, 3.63) is 30.6 Å².